The van der Waals surface area contributed by atoms with Gasteiger partial charge in [-0.15, -0.1) is 0 Å². The maximum absolute atomic E-state index is 12.7. The predicted octanol–water partition coefficient (Wildman–Crippen LogP) is 4.45. The van der Waals surface area contributed by atoms with Crippen molar-refractivity contribution in [1.82, 2.24) is 15.3 Å². The smallest absolute Gasteiger partial charge is 0.223 e. The molecule has 0 spiro atoms. The summed E-state index contributed by atoms with van der Waals surface area (Å²) in [6.45, 7) is 0.963. The molecule has 6 rings (SSSR count). The first-order valence-corrected chi connectivity index (χ1v) is 13.0. The van der Waals surface area contributed by atoms with E-state index in [0.29, 0.717) is 19.2 Å². The van der Waals surface area contributed by atoms with Gasteiger partial charge in [-0.05, 0) is 30.0 Å². The molecule has 3 aromatic rings. The Bertz CT molecular complexity index is 1180. The molecule has 186 valence electrons. The summed E-state index contributed by atoms with van der Waals surface area (Å²) >= 11 is 0. The number of amides is 1. The summed E-state index contributed by atoms with van der Waals surface area (Å²) in [6.07, 6.45) is 6.98. The summed E-state index contributed by atoms with van der Waals surface area (Å²) < 4.78 is 12.1. The second-order valence-corrected chi connectivity index (χ2v) is 10.0. The monoisotopic (exact) mass is 484 g/mol. The molecule has 36 heavy (non-hydrogen) atoms. The SMILES string of the molecule is O=C(N[C@H]1CO[C@H]2[C@H]1OC[C@H]2Nc1nccc(-c2ccc(-c3ccccc3)cc2)n1)C1CCCCC1. The van der Waals surface area contributed by atoms with Gasteiger partial charge in [0.25, 0.3) is 0 Å². The molecule has 4 atom stereocenters. The van der Waals surface area contributed by atoms with E-state index in [2.05, 4.69) is 52.0 Å². The summed E-state index contributed by atoms with van der Waals surface area (Å²) in [5.74, 6) is 0.830. The number of ether oxygens (including phenoxy) is 2. The van der Waals surface area contributed by atoms with Gasteiger partial charge in [0.2, 0.25) is 11.9 Å². The Morgan fingerprint density at radius 1 is 0.778 bits per heavy atom. The lowest BCUT2D eigenvalue weighted by Crippen LogP contribution is -2.47. The van der Waals surface area contributed by atoms with Crippen LogP contribution in [0.4, 0.5) is 5.95 Å². The maximum Gasteiger partial charge on any atom is 0.223 e. The standard InChI is InChI=1S/C29H32N4O3/c34-28(22-9-5-2-6-10-22)31-24-17-35-27-25(18-36-26(24)27)33-29-30-16-15-23(32-29)21-13-11-20(12-14-21)19-7-3-1-4-8-19/h1,3-4,7-8,11-16,22,24-27H,2,5-6,9-10,17-18H2,(H,31,34)(H,30,32,33)/t24-,25+,26-,27+/m0/s1. The van der Waals surface area contributed by atoms with Gasteiger partial charge in [-0.1, -0.05) is 73.9 Å². The van der Waals surface area contributed by atoms with Crippen LogP contribution in [0.1, 0.15) is 32.1 Å². The van der Waals surface area contributed by atoms with Gasteiger partial charge in [0.15, 0.2) is 0 Å². The zero-order valence-electron chi connectivity index (χ0n) is 20.3. The largest absolute Gasteiger partial charge is 0.371 e. The Morgan fingerprint density at radius 2 is 1.44 bits per heavy atom. The molecule has 7 heteroatoms. The maximum atomic E-state index is 12.7. The number of hydrogen-bond acceptors (Lipinski definition) is 6. The lowest BCUT2D eigenvalue weighted by Gasteiger charge is -2.24. The highest BCUT2D eigenvalue weighted by molar-refractivity contribution is 5.79. The third kappa shape index (κ3) is 4.86. The molecule has 3 fully saturated rings. The van der Waals surface area contributed by atoms with E-state index in [1.54, 1.807) is 6.20 Å². The average molecular weight is 485 g/mol. The Balaban J connectivity index is 1.09. The number of rotatable bonds is 6. The van der Waals surface area contributed by atoms with Crippen molar-refractivity contribution in [3.63, 3.8) is 0 Å². The number of fused-ring (bicyclic) bond motifs is 1. The number of carbonyl (C=O) groups is 1. The second kappa shape index (κ2) is 10.4. The van der Waals surface area contributed by atoms with Gasteiger partial charge in [0.1, 0.15) is 12.2 Å². The minimum atomic E-state index is -0.149. The van der Waals surface area contributed by atoms with Crippen molar-refractivity contribution in [1.29, 1.82) is 0 Å². The van der Waals surface area contributed by atoms with Gasteiger partial charge in [-0.25, -0.2) is 9.97 Å². The average Bonchev–Trinajstić information content (AvgIpc) is 3.53. The zero-order valence-corrected chi connectivity index (χ0v) is 20.3. The summed E-state index contributed by atoms with van der Waals surface area (Å²) in [5, 5.41) is 6.62. The summed E-state index contributed by atoms with van der Waals surface area (Å²) in [4.78, 5) is 21.9. The molecule has 0 radical (unpaired) electrons. The van der Waals surface area contributed by atoms with E-state index in [1.165, 1.54) is 17.5 Å². The molecule has 1 amide bonds. The van der Waals surface area contributed by atoms with Crippen molar-refractivity contribution in [2.75, 3.05) is 18.5 Å². The molecule has 0 bridgehead atoms. The third-order valence-electron chi connectivity index (χ3n) is 7.61. The number of nitrogens with one attached hydrogen (secondary N) is 2. The van der Waals surface area contributed by atoms with Crippen LogP contribution >= 0.6 is 0 Å². The highest BCUT2D eigenvalue weighted by atomic mass is 16.6. The first-order valence-electron chi connectivity index (χ1n) is 13.0. The van der Waals surface area contributed by atoms with Gasteiger partial charge in [0, 0.05) is 17.7 Å². The molecule has 1 saturated carbocycles. The third-order valence-corrected chi connectivity index (χ3v) is 7.61. The molecule has 2 aromatic carbocycles. The van der Waals surface area contributed by atoms with Crippen molar-refractivity contribution < 1.29 is 14.3 Å². The van der Waals surface area contributed by atoms with Crippen LogP contribution in [0.5, 0.6) is 0 Å². The van der Waals surface area contributed by atoms with Crippen LogP contribution in [0.3, 0.4) is 0 Å². The minimum absolute atomic E-state index is 0.0673. The molecule has 3 heterocycles. The normalized spacial score (nSPS) is 25.9. The van der Waals surface area contributed by atoms with E-state index in [9.17, 15) is 4.79 Å². The van der Waals surface area contributed by atoms with Gasteiger partial charge < -0.3 is 20.1 Å². The number of hydrogen-bond donors (Lipinski definition) is 2. The van der Waals surface area contributed by atoms with Crippen molar-refractivity contribution >= 4 is 11.9 Å². The molecule has 2 saturated heterocycles. The molecule has 7 nitrogen and oxygen atoms in total. The molecule has 0 unspecified atom stereocenters. The van der Waals surface area contributed by atoms with E-state index >= 15 is 0 Å². The fourth-order valence-electron chi connectivity index (χ4n) is 5.63. The van der Waals surface area contributed by atoms with Gasteiger partial charge in [-0.3, -0.25) is 4.79 Å². The number of benzene rings is 2. The van der Waals surface area contributed by atoms with E-state index < -0.39 is 0 Å². The highest BCUT2D eigenvalue weighted by Gasteiger charge is 2.48. The quantitative estimate of drug-likeness (QED) is 0.538. The number of anilines is 1. The van der Waals surface area contributed by atoms with Crippen LogP contribution in [0, 0.1) is 5.92 Å². The van der Waals surface area contributed by atoms with Crippen LogP contribution < -0.4 is 10.6 Å². The number of carbonyl (C=O) groups excluding carboxylic acids is 1. The second-order valence-electron chi connectivity index (χ2n) is 10.0. The van der Waals surface area contributed by atoms with Crippen LogP contribution in [-0.4, -0.2) is 53.4 Å². The predicted molar refractivity (Wildman–Crippen MR) is 138 cm³/mol. The Labute approximate surface area is 211 Å². The fourth-order valence-corrected chi connectivity index (χ4v) is 5.63. The molecule has 1 aromatic heterocycles. The molecule has 1 aliphatic carbocycles. The lowest BCUT2D eigenvalue weighted by molar-refractivity contribution is -0.127. The zero-order chi connectivity index (χ0) is 24.3. The van der Waals surface area contributed by atoms with Gasteiger partial charge in [-0.2, -0.15) is 0 Å². The van der Waals surface area contributed by atoms with Crippen molar-refractivity contribution in [3.8, 4) is 22.4 Å². The van der Waals surface area contributed by atoms with E-state index in [4.69, 9.17) is 14.5 Å². The Morgan fingerprint density at radius 3 is 2.22 bits per heavy atom. The van der Waals surface area contributed by atoms with Gasteiger partial charge >= 0.3 is 0 Å². The fraction of sp³-hybridized carbons (Fsp3) is 0.414. The van der Waals surface area contributed by atoms with Crippen LogP contribution in [0.2, 0.25) is 0 Å². The Kier molecular flexibility index (Phi) is 6.66. The van der Waals surface area contributed by atoms with Crippen LogP contribution in [0.15, 0.2) is 66.9 Å². The summed E-state index contributed by atoms with van der Waals surface area (Å²) in [6, 6.07) is 20.5. The molecule has 2 aliphatic heterocycles. The molecular formula is C29H32N4O3. The highest BCUT2D eigenvalue weighted by Crippen LogP contribution is 2.31. The first-order chi connectivity index (χ1) is 17.7. The van der Waals surface area contributed by atoms with Crippen LogP contribution in [-0.2, 0) is 14.3 Å². The number of aromatic nitrogens is 2. The summed E-state index contributed by atoms with van der Waals surface area (Å²) in [5.41, 5.74) is 4.25. The molecular weight excluding hydrogens is 452 g/mol. The molecule has 2 N–H and O–H groups in total. The lowest BCUT2D eigenvalue weighted by atomic mass is 9.88. The van der Waals surface area contributed by atoms with E-state index in [1.807, 2.05) is 24.3 Å². The Hall–Kier alpha value is -3.29. The van der Waals surface area contributed by atoms with E-state index in [-0.39, 0.29) is 36.1 Å². The first kappa shape index (κ1) is 23.1. The van der Waals surface area contributed by atoms with Crippen molar-refractivity contribution in [2.45, 2.75) is 56.4 Å². The van der Waals surface area contributed by atoms with Crippen molar-refractivity contribution in [3.05, 3.63) is 66.9 Å². The van der Waals surface area contributed by atoms with E-state index in [0.717, 1.165) is 36.9 Å². The van der Waals surface area contributed by atoms with Crippen molar-refractivity contribution in [2.24, 2.45) is 5.92 Å². The molecule has 3 aliphatic rings. The van der Waals surface area contributed by atoms with Gasteiger partial charge in [0.05, 0.1) is 31.0 Å². The van der Waals surface area contributed by atoms with Crippen LogP contribution in [0.25, 0.3) is 22.4 Å². The topological polar surface area (TPSA) is 85.4 Å². The minimum Gasteiger partial charge on any atom is -0.371 e. The number of nitrogens with zero attached hydrogens (tertiary/aromatic N) is 2. The summed E-state index contributed by atoms with van der Waals surface area (Å²) in [7, 11) is 0.